The van der Waals surface area contributed by atoms with E-state index >= 15 is 0 Å². The van der Waals surface area contributed by atoms with E-state index < -0.39 is 81.7 Å². The molecule has 0 aliphatic carbocycles. The molecule has 0 fully saturated rings. The van der Waals surface area contributed by atoms with E-state index in [-0.39, 0.29) is 345 Å². The molecular weight excluding hydrogens is 1210 g/mol. The van der Waals surface area contributed by atoms with Gasteiger partial charge < -0.3 is 139 Å². The third-order valence-corrected chi connectivity index (χ3v) is 0. The normalized spacial score (nSPS) is 6.75. The smallest absolute Gasteiger partial charge is 0.356 e. The van der Waals surface area contributed by atoms with Gasteiger partial charge in [-0.3, -0.25) is 0 Å². The Labute approximate surface area is 610 Å². The van der Waals surface area contributed by atoms with E-state index in [4.69, 9.17) is 197 Å². The standard InChI is InChI=1S/4ClHO4.6K.2HNO3.6NO3.6H3N/c4*2-1(3,4)5;;;;;;;8*2-1(3)4;;;;;;/h4*(H,2,3,4,5);;;;;;;2*(H,2,3,4);;;;;;;6*1H3/q;;;;6*+1;;;6*-1;;;;;;. The summed E-state index contributed by atoms with van der Waals surface area (Å²) in [5.41, 5.74) is 0. The Bertz CT molecular complexity index is 665. The predicted molar refractivity (Wildman–Crippen MR) is 119 cm³/mol. The Kier molecular flexibility index (Phi) is 265. The maximum atomic E-state index is 8.60. The molecule has 64 heteroatoms. The number of halogens is 4. The Morgan fingerprint density at radius 2 is 0.234 bits per heavy atom. The Morgan fingerprint density at radius 3 is 0.234 bits per heavy atom. The number of rotatable bonds is 0. The monoisotopic (exact) mass is 1230 g/mol. The van der Waals surface area contributed by atoms with Gasteiger partial charge in [0.1, 0.15) is 0 Å². The van der Waals surface area contributed by atoms with Crippen molar-refractivity contribution in [3.05, 3.63) is 112 Å². The molecule has 0 bridgehead atoms. The van der Waals surface area contributed by atoms with Crippen molar-refractivity contribution in [3.8, 4) is 0 Å². The molecule has 368 valence electrons. The molecule has 54 nitrogen and oxygen atoms in total. The van der Waals surface area contributed by atoms with Crippen LogP contribution in [0.3, 0.4) is 0 Å². The van der Waals surface area contributed by atoms with Gasteiger partial charge in [-0.25, -0.2) is 0 Å². The van der Waals surface area contributed by atoms with Crippen LogP contribution in [-0.4, -0.2) is 69.7 Å². The maximum absolute atomic E-state index is 8.60. The van der Waals surface area contributed by atoms with Crippen LogP contribution in [0.2, 0.25) is 0 Å². The van der Waals surface area contributed by atoms with Gasteiger partial charge in [-0.05, 0) is 0 Å². The number of hydrogen-bond acceptors (Lipinski definition) is 44. The molecule has 0 saturated carbocycles. The second-order valence-corrected chi connectivity index (χ2v) is 6.57. The largest absolute Gasteiger partial charge is 1.00 e. The van der Waals surface area contributed by atoms with Crippen LogP contribution in [0.25, 0.3) is 0 Å². The average Bonchev–Trinajstić information content (AvgIpc) is 2.57. The summed E-state index contributed by atoms with van der Waals surface area (Å²) in [6.07, 6.45) is 0. The molecule has 0 unspecified atom stereocenters. The SMILES string of the molecule is N.N.N.N.N.N.O=[N+]([O-])O.O=[N+]([O-])O.O=[N+]([O-])[O-].O=[N+]([O-])[O-].O=[N+]([O-])[O-].O=[N+]([O-])[O-].O=[N+]([O-])[O-].O=[N+]([O-])[O-].[K+].[K+].[K+].[K+].[K+].[K+].[O-][Cl+3]([O-])([O-])O.[O-][Cl+3]([O-])([O-])O.[O-][Cl+3]([O-])([O-])O.[O-][Cl+3]([O-])([O-])O. The molecule has 0 heterocycles. The van der Waals surface area contributed by atoms with Crippen LogP contribution in [0.15, 0.2) is 0 Å². The zero-order valence-electron chi connectivity index (χ0n) is 31.9. The van der Waals surface area contributed by atoms with Gasteiger partial charge in [0.15, 0.2) is 0 Å². The van der Waals surface area contributed by atoms with Crippen LogP contribution in [0.1, 0.15) is 0 Å². The molecular formula is H24Cl4K6N14O40. The van der Waals surface area contributed by atoms with Crippen molar-refractivity contribution in [2.24, 2.45) is 0 Å². The van der Waals surface area contributed by atoms with E-state index in [1.165, 1.54) is 0 Å². The van der Waals surface area contributed by atoms with Crippen LogP contribution in [-0.2, 0) is 0 Å². The van der Waals surface area contributed by atoms with Crippen LogP contribution in [0, 0.1) is 153 Å². The summed E-state index contributed by atoms with van der Waals surface area (Å²) >= 11 is 0. The van der Waals surface area contributed by atoms with Crippen LogP contribution in [0.4, 0.5) is 0 Å². The number of hydrogen-bond donors (Lipinski definition) is 12. The molecule has 0 radical (unpaired) electrons. The first-order valence-corrected chi connectivity index (χ1v) is 12.0. The van der Waals surface area contributed by atoms with E-state index in [0.717, 1.165) is 0 Å². The molecule has 0 aromatic carbocycles. The van der Waals surface area contributed by atoms with Gasteiger partial charge in [0.25, 0.3) is 10.2 Å². The van der Waals surface area contributed by atoms with Gasteiger partial charge in [0, 0.05) is 0 Å². The Hall–Kier alpha value is 3.70. The molecule has 64 heavy (non-hydrogen) atoms. The first kappa shape index (κ1) is 158. The summed E-state index contributed by atoms with van der Waals surface area (Å²) < 4.78 is 131. The summed E-state index contributed by atoms with van der Waals surface area (Å²) in [6.45, 7) is 0. The zero-order valence-corrected chi connectivity index (χ0v) is 53.7. The van der Waals surface area contributed by atoms with Gasteiger partial charge in [0.05, 0.1) is 90.1 Å². The molecule has 0 atom stereocenters. The third kappa shape index (κ3) is 20100. The second-order valence-electron chi connectivity index (χ2n) is 3.40. The molecule has 0 saturated heterocycles. The summed E-state index contributed by atoms with van der Waals surface area (Å²) in [5.74, 6) is 0. The molecule has 0 aromatic heterocycles. The zero-order chi connectivity index (χ0) is 46.6. The van der Waals surface area contributed by atoms with Gasteiger partial charge >= 0.3 is 308 Å². The maximum Gasteiger partial charge on any atom is 1.00 e. The second kappa shape index (κ2) is 108. The fourth-order valence-corrected chi connectivity index (χ4v) is 0. The van der Waals surface area contributed by atoms with E-state index in [2.05, 4.69) is 0 Å². The van der Waals surface area contributed by atoms with E-state index in [1.54, 1.807) is 0 Å². The van der Waals surface area contributed by atoms with Crippen LogP contribution in [0.5, 0.6) is 0 Å². The van der Waals surface area contributed by atoms with Crippen molar-refractivity contribution >= 4 is 0 Å². The first-order valence-electron chi connectivity index (χ1n) is 6.94. The van der Waals surface area contributed by atoms with Crippen LogP contribution >= 0.6 is 0 Å². The summed E-state index contributed by atoms with van der Waals surface area (Å²) in [5, 5.41) is 116. The van der Waals surface area contributed by atoms with Crippen molar-refractivity contribution in [1.82, 2.24) is 36.9 Å². The van der Waals surface area contributed by atoms with Crippen molar-refractivity contribution in [1.29, 1.82) is 0 Å². The molecule has 0 aliphatic heterocycles. The predicted octanol–water partition coefficient (Wildman–Crippen LogP) is -35.6. The Balaban J connectivity index is -0.0000000122. The van der Waals surface area contributed by atoms with Gasteiger partial charge in [-0.1, -0.05) is 0 Å². The Morgan fingerprint density at radius 1 is 0.234 bits per heavy atom. The molecule has 0 aliphatic rings. The molecule has 24 N–H and O–H groups in total. The summed E-state index contributed by atoms with van der Waals surface area (Å²) in [4.78, 5) is 66.2. The summed E-state index contributed by atoms with van der Waals surface area (Å²) in [6, 6.07) is 0. The van der Waals surface area contributed by atoms with Gasteiger partial charge in [-0.2, -0.15) is 55.9 Å². The average molecular weight is 1240 g/mol. The molecule has 0 rings (SSSR count). The van der Waals surface area contributed by atoms with Gasteiger partial charge in [-0.15, -0.1) is 20.2 Å². The van der Waals surface area contributed by atoms with Crippen molar-refractivity contribution in [2.75, 3.05) is 0 Å². The molecule has 0 spiro atoms. The number of nitrogens with zero attached hydrogens (tertiary/aromatic N) is 8. The van der Waals surface area contributed by atoms with Crippen molar-refractivity contribution in [3.63, 3.8) is 0 Å². The van der Waals surface area contributed by atoms with Crippen molar-refractivity contribution in [2.45, 2.75) is 0 Å². The third-order valence-electron chi connectivity index (χ3n) is 0. The van der Waals surface area contributed by atoms with Crippen LogP contribution < -0.4 is 401 Å². The van der Waals surface area contributed by atoms with Crippen molar-refractivity contribution < 1.29 is 475 Å². The van der Waals surface area contributed by atoms with E-state index in [1.807, 2.05) is 0 Å². The minimum absolute atomic E-state index is 0. The summed E-state index contributed by atoms with van der Waals surface area (Å²) in [7, 11) is -18.8. The fourth-order valence-electron chi connectivity index (χ4n) is 0. The van der Waals surface area contributed by atoms with E-state index in [9.17, 15) is 0 Å². The quantitative estimate of drug-likeness (QED) is 0.0609. The molecule has 0 aromatic rings. The van der Waals surface area contributed by atoms with E-state index in [0.29, 0.717) is 0 Å². The minimum atomic E-state index is -4.69. The molecule has 0 amide bonds. The van der Waals surface area contributed by atoms with Gasteiger partial charge in [0.2, 0.25) is 0 Å². The fraction of sp³-hybridized carbons (Fsp3) is 0. The first-order chi connectivity index (χ1) is 21.9. The minimum Gasteiger partial charge on any atom is -0.356 e. The topological polar surface area (TPSA) is 1090 Å².